The number of amides is 1. The second-order valence-electron chi connectivity index (χ2n) is 7.73. The number of ether oxygens (including phenoxy) is 2. The summed E-state index contributed by atoms with van der Waals surface area (Å²) in [7, 11) is 3.26. The van der Waals surface area contributed by atoms with Crippen LogP contribution >= 0.6 is 0 Å². The van der Waals surface area contributed by atoms with Crippen molar-refractivity contribution in [2.45, 2.75) is 25.0 Å². The number of carbonyl (C=O) groups is 1. The van der Waals surface area contributed by atoms with Gasteiger partial charge in [-0.05, 0) is 60.4 Å². The highest BCUT2D eigenvalue weighted by molar-refractivity contribution is 6.03. The quantitative estimate of drug-likeness (QED) is 0.529. The summed E-state index contributed by atoms with van der Waals surface area (Å²) in [6.07, 6.45) is 0.558. The van der Waals surface area contributed by atoms with Gasteiger partial charge in [0.15, 0.2) is 0 Å². The molecule has 5 nitrogen and oxygen atoms in total. The molecular formula is C26H27NO4. The monoisotopic (exact) mass is 417 g/mol. The fraction of sp³-hybridized carbons (Fsp3) is 0.269. The Bertz CT molecular complexity index is 1000. The Hall–Kier alpha value is -3.31. The van der Waals surface area contributed by atoms with Crippen LogP contribution in [-0.4, -0.2) is 25.2 Å². The molecule has 0 aliphatic carbocycles. The van der Waals surface area contributed by atoms with Crippen LogP contribution < -0.4 is 14.4 Å². The summed E-state index contributed by atoms with van der Waals surface area (Å²) in [5, 5.41) is 10.6. The summed E-state index contributed by atoms with van der Waals surface area (Å²) in [6.45, 7) is 0. The summed E-state index contributed by atoms with van der Waals surface area (Å²) in [4.78, 5) is 15.0. The van der Waals surface area contributed by atoms with Crippen LogP contribution in [0.3, 0.4) is 0 Å². The Balaban J connectivity index is 1.56. The lowest BCUT2D eigenvalue weighted by Gasteiger charge is -2.48. The highest BCUT2D eigenvalue weighted by Crippen LogP contribution is 2.46. The van der Waals surface area contributed by atoms with Crippen molar-refractivity contribution in [1.82, 2.24) is 0 Å². The maximum atomic E-state index is 13.2. The minimum absolute atomic E-state index is 0.0752. The van der Waals surface area contributed by atoms with Gasteiger partial charge in [0.2, 0.25) is 5.91 Å². The molecule has 2 unspecified atom stereocenters. The van der Waals surface area contributed by atoms with Crippen LogP contribution in [0.5, 0.6) is 11.5 Å². The van der Waals surface area contributed by atoms with Gasteiger partial charge in [-0.25, -0.2) is 0 Å². The van der Waals surface area contributed by atoms with Crippen molar-refractivity contribution in [1.29, 1.82) is 0 Å². The summed E-state index contributed by atoms with van der Waals surface area (Å²) in [6, 6.07) is 24.9. The van der Waals surface area contributed by atoms with E-state index in [0.717, 1.165) is 28.3 Å². The van der Waals surface area contributed by atoms with E-state index >= 15 is 0 Å². The smallest absolute Gasteiger partial charge is 0.233 e. The molecule has 1 aliphatic rings. The maximum absolute atomic E-state index is 13.2. The number of aliphatic hydroxyl groups is 1. The number of hydrogen-bond donors (Lipinski definition) is 1. The first-order chi connectivity index (χ1) is 15.1. The molecule has 5 heteroatoms. The van der Waals surface area contributed by atoms with E-state index < -0.39 is 6.10 Å². The molecule has 1 fully saturated rings. The molecular weight excluding hydrogens is 390 g/mol. The van der Waals surface area contributed by atoms with E-state index in [4.69, 9.17) is 9.47 Å². The zero-order valence-corrected chi connectivity index (χ0v) is 17.8. The van der Waals surface area contributed by atoms with Gasteiger partial charge in [0.05, 0.1) is 32.3 Å². The molecule has 0 radical (unpaired) electrons. The number of benzene rings is 3. The number of hydrogen-bond acceptors (Lipinski definition) is 4. The molecule has 0 spiro atoms. The average molecular weight is 418 g/mol. The summed E-state index contributed by atoms with van der Waals surface area (Å²) >= 11 is 0. The van der Waals surface area contributed by atoms with Crippen molar-refractivity contribution in [2.75, 3.05) is 19.1 Å². The van der Waals surface area contributed by atoms with Gasteiger partial charge in [0.1, 0.15) is 11.5 Å². The second kappa shape index (κ2) is 9.23. The Morgan fingerprint density at radius 3 is 2.03 bits per heavy atom. The van der Waals surface area contributed by atoms with Gasteiger partial charge in [-0.2, -0.15) is 0 Å². The molecule has 31 heavy (non-hydrogen) atoms. The molecule has 1 aliphatic heterocycles. The fourth-order valence-electron chi connectivity index (χ4n) is 4.22. The van der Waals surface area contributed by atoms with Crippen molar-refractivity contribution < 1.29 is 19.4 Å². The van der Waals surface area contributed by atoms with E-state index in [2.05, 4.69) is 0 Å². The topological polar surface area (TPSA) is 59.0 Å². The SMILES string of the molecule is COc1ccc(C2C(CC[C@@H](O)c3ccccc3)C(=O)N2c2ccc(OC)cc2)cc1. The molecule has 1 heterocycles. The van der Waals surface area contributed by atoms with Gasteiger partial charge in [0.25, 0.3) is 0 Å². The number of aliphatic hydroxyl groups excluding tert-OH is 1. The zero-order chi connectivity index (χ0) is 21.8. The summed E-state index contributed by atoms with van der Waals surface area (Å²) in [5.74, 6) is 1.42. The molecule has 3 aromatic rings. The number of anilines is 1. The number of carbonyl (C=O) groups excluding carboxylic acids is 1. The zero-order valence-electron chi connectivity index (χ0n) is 17.8. The largest absolute Gasteiger partial charge is 0.497 e. The lowest BCUT2D eigenvalue weighted by Crippen LogP contribution is -2.55. The van der Waals surface area contributed by atoms with E-state index in [9.17, 15) is 9.90 Å². The number of nitrogens with zero attached hydrogens (tertiary/aromatic N) is 1. The third kappa shape index (κ3) is 4.28. The van der Waals surface area contributed by atoms with Gasteiger partial charge in [-0.1, -0.05) is 42.5 Å². The third-order valence-electron chi connectivity index (χ3n) is 5.96. The van der Waals surface area contributed by atoms with Crippen molar-refractivity contribution in [2.24, 2.45) is 5.92 Å². The van der Waals surface area contributed by atoms with Gasteiger partial charge in [-0.3, -0.25) is 4.79 Å². The number of β-lactam (4-membered cyclic amide) rings is 1. The molecule has 1 saturated heterocycles. The molecule has 160 valence electrons. The predicted molar refractivity (Wildman–Crippen MR) is 120 cm³/mol. The number of methoxy groups -OCH3 is 2. The molecule has 3 atom stereocenters. The number of rotatable bonds is 8. The first kappa shape index (κ1) is 20.9. The third-order valence-corrected chi connectivity index (χ3v) is 5.96. The Labute approximate surface area is 182 Å². The molecule has 4 rings (SSSR count). The molecule has 0 bridgehead atoms. The highest BCUT2D eigenvalue weighted by Gasteiger charge is 2.48. The van der Waals surface area contributed by atoms with Crippen LogP contribution in [-0.2, 0) is 4.79 Å². The Morgan fingerprint density at radius 1 is 0.871 bits per heavy atom. The van der Waals surface area contributed by atoms with Gasteiger partial charge in [-0.15, -0.1) is 0 Å². The fourth-order valence-corrected chi connectivity index (χ4v) is 4.22. The van der Waals surface area contributed by atoms with E-state index in [-0.39, 0.29) is 17.9 Å². The van der Waals surface area contributed by atoms with Crippen LogP contribution in [0.4, 0.5) is 5.69 Å². The second-order valence-corrected chi connectivity index (χ2v) is 7.73. The lowest BCUT2D eigenvalue weighted by molar-refractivity contribution is -0.131. The molecule has 0 aromatic heterocycles. The van der Waals surface area contributed by atoms with Crippen LogP contribution in [0.25, 0.3) is 0 Å². The highest BCUT2D eigenvalue weighted by atomic mass is 16.5. The Morgan fingerprint density at radius 2 is 1.45 bits per heavy atom. The standard InChI is InChI=1S/C26H27NO4/c1-30-21-12-8-19(9-13-21)25-23(16-17-24(28)18-6-4-3-5-7-18)26(29)27(25)20-10-14-22(31-2)15-11-20/h3-15,23-25,28H,16-17H2,1-2H3/t23?,24-,25?/m1/s1. The van der Waals surface area contributed by atoms with Crippen LogP contribution in [0.15, 0.2) is 78.9 Å². The van der Waals surface area contributed by atoms with E-state index in [1.54, 1.807) is 14.2 Å². The predicted octanol–water partition coefficient (Wildman–Crippen LogP) is 4.92. The van der Waals surface area contributed by atoms with Gasteiger partial charge >= 0.3 is 0 Å². The average Bonchev–Trinajstić information content (AvgIpc) is 2.83. The van der Waals surface area contributed by atoms with Crippen LogP contribution in [0.2, 0.25) is 0 Å². The van der Waals surface area contributed by atoms with E-state index in [1.165, 1.54) is 0 Å². The van der Waals surface area contributed by atoms with Gasteiger partial charge < -0.3 is 19.5 Å². The van der Waals surface area contributed by atoms with Crippen molar-refractivity contribution in [3.63, 3.8) is 0 Å². The van der Waals surface area contributed by atoms with E-state index in [1.807, 2.05) is 83.8 Å². The van der Waals surface area contributed by atoms with Crippen LogP contribution in [0, 0.1) is 5.92 Å². The minimum Gasteiger partial charge on any atom is -0.497 e. The van der Waals surface area contributed by atoms with Gasteiger partial charge in [0, 0.05) is 5.69 Å². The van der Waals surface area contributed by atoms with Crippen LogP contribution in [0.1, 0.15) is 36.1 Å². The molecule has 1 amide bonds. The summed E-state index contributed by atoms with van der Waals surface area (Å²) < 4.78 is 10.5. The molecule has 0 saturated carbocycles. The molecule has 3 aromatic carbocycles. The Kier molecular flexibility index (Phi) is 6.23. The minimum atomic E-state index is -0.583. The van der Waals surface area contributed by atoms with Crippen molar-refractivity contribution in [3.05, 3.63) is 90.0 Å². The lowest BCUT2D eigenvalue weighted by atomic mass is 9.78. The summed E-state index contributed by atoms with van der Waals surface area (Å²) in [5.41, 5.74) is 2.77. The van der Waals surface area contributed by atoms with Crippen molar-refractivity contribution >= 4 is 11.6 Å². The normalized spacial score (nSPS) is 18.9. The van der Waals surface area contributed by atoms with E-state index in [0.29, 0.717) is 12.8 Å². The first-order valence-electron chi connectivity index (χ1n) is 10.5. The molecule has 1 N–H and O–H groups in total. The first-order valence-corrected chi connectivity index (χ1v) is 10.5. The maximum Gasteiger partial charge on any atom is 0.233 e. The van der Waals surface area contributed by atoms with Crippen molar-refractivity contribution in [3.8, 4) is 11.5 Å².